The van der Waals surface area contributed by atoms with Gasteiger partial charge in [0.05, 0.1) is 25.4 Å². The Morgan fingerprint density at radius 1 is 1.50 bits per heavy atom. The second-order valence-electron chi connectivity index (χ2n) is 2.65. The highest BCUT2D eigenvalue weighted by atomic mass is 35.5. The van der Waals surface area contributed by atoms with Crippen LogP contribution in [0, 0.1) is 10.1 Å². The van der Waals surface area contributed by atoms with Gasteiger partial charge in [-0.2, -0.15) is 0 Å². The molecule has 2 aromatic rings. The average molecular weight is 246 g/mol. The molecule has 72 valence electrons. The van der Waals surface area contributed by atoms with Crippen LogP contribution in [0.4, 0.5) is 5.69 Å². The standard InChI is InChI=1S/C8H4ClNO2S2/c9-4-1-2-6(13)8-7(4)5(3-14-8)10(11)12/h1-3,13H. The molecule has 1 aromatic carbocycles. The number of halogens is 1. The highest BCUT2D eigenvalue weighted by Gasteiger charge is 2.18. The molecule has 1 aromatic heterocycles. The Kier molecular flexibility index (Phi) is 2.38. The molecule has 0 bridgehead atoms. The largest absolute Gasteiger partial charge is 0.289 e. The molecule has 1 heterocycles. The molecule has 0 saturated heterocycles. The van der Waals surface area contributed by atoms with Crippen LogP contribution in [0.2, 0.25) is 5.02 Å². The minimum absolute atomic E-state index is 0.0471. The third-order valence-electron chi connectivity index (χ3n) is 1.83. The number of benzene rings is 1. The van der Waals surface area contributed by atoms with Crippen molar-refractivity contribution in [2.24, 2.45) is 0 Å². The maximum Gasteiger partial charge on any atom is 0.289 e. The Bertz CT molecular complexity index is 523. The number of hydrogen-bond donors (Lipinski definition) is 1. The molecule has 0 aliphatic carbocycles. The second kappa shape index (κ2) is 3.42. The fourth-order valence-corrected chi connectivity index (χ4v) is 2.82. The van der Waals surface area contributed by atoms with E-state index < -0.39 is 4.92 Å². The molecule has 6 heteroatoms. The number of thiol groups is 1. The Labute approximate surface area is 93.9 Å². The third-order valence-corrected chi connectivity index (χ3v) is 3.67. The van der Waals surface area contributed by atoms with Crippen molar-refractivity contribution in [3.63, 3.8) is 0 Å². The van der Waals surface area contributed by atoms with Gasteiger partial charge in [0.15, 0.2) is 0 Å². The van der Waals surface area contributed by atoms with Gasteiger partial charge in [-0.05, 0) is 12.1 Å². The molecule has 2 rings (SSSR count). The van der Waals surface area contributed by atoms with E-state index in [1.54, 1.807) is 12.1 Å². The lowest BCUT2D eigenvalue weighted by atomic mass is 10.2. The van der Waals surface area contributed by atoms with Gasteiger partial charge in [0, 0.05) is 4.90 Å². The quantitative estimate of drug-likeness (QED) is 0.472. The fraction of sp³-hybridized carbons (Fsp3) is 0. The van der Waals surface area contributed by atoms with E-state index in [0.717, 1.165) is 4.70 Å². The first-order chi connectivity index (χ1) is 6.61. The van der Waals surface area contributed by atoms with Crippen molar-refractivity contribution in [2.75, 3.05) is 0 Å². The minimum Gasteiger partial charge on any atom is -0.258 e. The monoisotopic (exact) mass is 245 g/mol. The Morgan fingerprint density at radius 3 is 2.86 bits per heavy atom. The molecule has 0 spiro atoms. The van der Waals surface area contributed by atoms with Crippen molar-refractivity contribution in [1.82, 2.24) is 0 Å². The van der Waals surface area contributed by atoms with Crippen LogP contribution in [0.1, 0.15) is 0 Å². The molecule has 0 fully saturated rings. The summed E-state index contributed by atoms with van der Waals surface area (Å²) in [6, 6.07) is 3.35. The van der Waals surface area contributed by atoms with E-state index in [1.165, 1.54) is 16.7 Å². The topological polar surface area (TPSA) is 43.1 Å². The lowest BCUT2D eigenvalue weighted by Gasteiger charge is -1.96. The maximum absolute atomic E-state index is 10.7. The molecule has 0 amide bonds. The third kappa shape index (κ3) is 1.37. The number of fused-ring (bicyclic) bond motifs is 1. The molecule has 0 radical (unpaired) electrons. The van der Waals surface area contributed by atoms with E-state index >= 15 is 0 Å². The van der Waals surface area contributed by atoms with Gasteiger partial charge < -0.3 is 0 Å². The summed E-state index contributed by atoms with van der Waals surface area (Å²) in [5.74, 6) is 0. The predicted octanol–water partition coefficient (Wildman–Crippen LogP) is 3.75. The van der Waals surface area contributed by atoms with Gasteiger partial charge >= 0.3 is 0 Å². The van der Waals surface area contributed by atoms with E-state index in [2.05, 4.69) is 12.6 Å². The molecule has 0 atom stereocenters. The normalized spacial score (nSPS) is 10.7. The van der Waals surface area contributed by atoms with Crippen molar-refractivity contribution >= 4 is 51.3 Å². The molecule has 0 aliphatic heterocycles. The van der Waals surface area contributed by atoms with Crippen LogP contribution < -0.4 is 0 Å². The number of rotatable bonds is 1. The van der Waals surface area contributed by atoms with Crippen LogP contribution in [0.15, 0.2) is 22.4 Å². The number of nitro groups is 1. The molecule has 0 unspecified atom stereocenters. The Balaban J connectivity index is 2.90. The maximum atomic E-state index is 10.7. The SMILES string of the molecule is O=[N+]([O-])c1csc2c(S)ccc(Cl)c12. The first kappa shape index (κ1) is 9.76. The summed E-state index contributed by atoms with van der Waals surface area (Å²) in [6.45, 7) is 0. The van der Waals surface area contributed by atoms with Crippen molar-refractivity contribution in [3.05, 3.63) is 32.6 Å². The predicted molar refractivity (Wildman–Crippen MR) is 60.7 cm³/mol. The van der Waals surface area contributed by atoms with Crippen LogP contribution in [-0.2, 0) is 0 Å². The number of thiophene rings is 1. The van der Waals surface area contributed by atoms with Crippen molar-refractivity contribution in [2.45, 2.75) is 4.90 Å². The minimum atomic E-state index is -0.433. The zero-order valence-electron chi connectivity index (χ0n) is 6.73. The summed E-state index contributed by atoms with van der Waals surface area (Å²) in [5.41, 5.74) is 0.0471. The highest BCUT2D eigenvalue weighted by molar-refractivity contribution is 7.80. The van der Waals surface area contributed by atoms with Crippen LogP contribution in [0.25, 0.3) is 10.1 Å². The van der Waals surface area contributed by atoms with E-state index in [0.29, 0.717) is 15.3 Å². The summed E-state index contributed by atoms with van der Waals surface area (Å²) in [7, 11) is 0. The summed E-state index contributed by atoms with van der Waals surface area (Å²) < 4.78 is 0.757. The van der Waals surface area contributed by atoms with E-state index in [-0.39, 0.29) is 5.69 Å². The smallest absolute Gasteiger partial charge is 0.258 e. The van der Waals surface area contributed by atoms with Crippen molar-refractivity contribution in [1.29, 1.82) is 0 Å². The summed E-state index contributed by atoms with van der Waals surface area (Å²) in [5, 5.41) is 13.0. The zero-order valence-corrected chi connectivity index (χ0v) is 9.20. The zero-order chi connectivity index (χ0) is 10.3. The Hall–Kier alpha value is -0.780. The van der Waals surface area contributed by atoms with Gasteiger partial charge in [-0.1, -0.05) is 11.6 Å². The van der Waals surface area contributed by atoms with E-state index in [9.17, 15) is 10.1 Å². The van der Waals surface area contributed by atoms with Gasteiger partial charge in [0.1, 0.15) is 0 Å². The summed E-state index contributed by atoms with van der Waals surface area (Å²) >= 11 is 11.4. The van der Waals surface area contributed by atoms with Crippen molar-refractivity contribution in [3.8, 4) is 0 Å². The lowest BCUT2D eigenvalue weighted by Crippen LogP contribution is -1.85. The number of hydrogen-bond acceptors (Lipinski definition) is 4. The first-order valence-electron chi connectivity index (χ1n) is 3.64. The molecular formula is C8H4ClNO2S2. The van der Waals surface area contributed by atoms with Crippen LogP contribution >= 0.6 is 35.6 Å². The molecule has 0 saturated carbocycles. The van der Waals surface area contributed by atoms with E-state index in [4.69, 9.17) is 11.6 Å². The Morgan fingerprint density at radius 2 is 2.21 bits per heavy atom. The van der Waals surface area contributed by atoms with Gasteiger partial charge in [-0.25, -0.2) is 0 Å². The highest BCUT2D eigenvalue weighted by Crippen LogP contribution is 2.39. The second-order valence-corrected chi connectivity index (χ2v) is 4.42. The molecule has 0 N–H and O–H groups in total. The van der Waals surface area contributed by atoms with Gasteiger partial charge in [0.25, 0.3) is 5.69 Å². The molecule has 3 nitrogen and oxygen atoms in total. The summed E-state index contributed by atoms with van der Waals surface area (Å²) in [4.78, 5) is 10.9. The van der Waals surface area contributed by atoms with Crippen LogP contribution in [0.5, 0.6) is 0 Å². The van der Waals surface area contributed by atoms with Gasteiger partial charge in [-0.15, -0.1) is 24.0 Å². The molecular weight excluding hydrogens is 242 g/mol. The van der Waals surface area contributed by atoms with E-state index in [1.807, 2.05) is 0 Å². The van der Waals surface area contributed by atoms with Gasteiger partial charge in [-0.3, -0.25) is 10.1 Å². The molecule has 0 aliphatic rings. The first-order valence-corrected chi connectivity index (χ1v) is 5.35. The lowest BCUT2D eigenvalue weighted by molar-refractivity contribution is -0.382. The number of nitrogens with zero attached hydrogens (tertiary/aromatic N) is 1. The van der Waals surface area contributed by atoms with Crippen LogP contribution in [-0.4, -0.2) is 4.92 Å². The van der Waals surface area contributed by atoms with Gasteiger partial charge in [0.2, 0.25) is 0 Å². The fourth-order valence-electron chi connectivity index (χ4n) is 1.21. The van der Waals surface area contributed by atoms with Crippen molar-refractivity contribution < 1.29 is 4.92 Å². The molecule has 14 heavy (non-hydrogen) atoms. The average Bonchev–Trinajstić information content (AvgIpc) is 2.56. The van der Waals surface area contributed by atoms with Crippen LogP contribution in [0.3, 0.4) is 0 Å². The summed E-state index contributed by atoms with van der Waals surface area (Å²) in [6.07, 6.45) is 0.